The summed E-state index contributed by atoms with van der Waals surface area (Å²) in [7, 11) is 1.55. The molecule has 0 radical (unpaired) electrons. The van der Waals surface area contributed by atoms with Crippen molar-refractivity contribution in [2.24, 2.45) is 7.05 Å². The number of hydrogen-bond donors (Lipinski definition) is 2. The van der Waals surface area contributed by atoms with E-state index in [4.69, 9.17) is 23.2 Å². The summed E-state index contributed by atoms with van der Waals surface area (Å²) in [5, 5.41) is 3.73. The van der Waals surface area contributed by atoms with Crippen LogP contribution >= 0.6 is 23.2 Å². The van der Waals surface area contributed by atoms with E-state index in [0.29, 0.717) is 38.8 Å². The molecule has 1 atom stereocenters. The van der Waals surface area contributed by atoms with Crippen LogP contribution in [0.4, 0.5) is 5.82 Å². The molecule has 1 aliphatic heterocycles. The van der Waals surface area contributed by atoms with Gasteiger partial charge in [-0.1, -0.05) is 59.6 Å². The van der Waals surface area contributed by atoms with Crippen molar-refractivity contribution in [3.63, 3.8) is 0 Å². The number of Topliss-reactive ketones (excluding diaryl/α,β-unsaturated/α-hetero) is 1. The summed E-state index contributed by atoms with van der Waals surface area (Å²) in [4.78, 5) is 40.7. The first-order valence-corrected chi connectivity index (χ1v) is 9.58. The van der Waals surface area contributed by atoms with Crippen LogP contribution in [0.1, 0.15) is 33.0 Å². The van der Waals surface area contributed by atoms with Crippen LogP contribution in [-0.2, 0) is 7.05 Å². The van der Waals surface area contributed by atoms with E-state index in [2.05, 4.69) is 10.3 Å². The fraction of sp³-hybridized carbons (Fsp3) is 0.0952. The zero-order valence-corrected chi connectivity index (χ0v) is 16.6. The third-order valence-electron chi connectivity index (χ3n) is 5.43. The van der Waals surface area contributed by atoms with E-state index < -0.39 is 17.2 Å². The molecule has 144 valence electrons. The predicted molar refractivity (Wildman–Crippen MR) is 112 cm³/mol. The number of anilines is 1. The van der Waals surface area contributed by atoms with Crippen molar-refractivity contribution in [3.8, 4) is 0 Å². The number of carbonyl (C=O) groups excluding carboxylic acids is 1. The van der Waals surface area contributed by atoms with Gasteiger partial charge in [0.2, 0.25) is 0 Å². The highest BCUT2D eigenvalue weighted by Gasteiger charge is 2.43. The van der Waals surface area contributed by atoms with E-state index in [0.717, 1.165) is 0 Å². The fourth-order valence-electron chi connectivity index (χ4n) is 4.09. The van der Waals surface area contributed by atoms with Gasteiger partial charge in [0.15, 0.2) is 5.78 Å². The van der Waals surface area contributed by atoms with Gasteiger partial charge in [-0.2, -0.15) is 0 Å². The number of ketones is 1. The van der Waals surface area contributed by atoms with Crippen LogP contribution in [0.25, 0.3) is 5.70 Å². The highest BCUT2D eigenvalue weighted by Crippen LogP contribution is 2.49. The monoisotopic (exact) mass is 425 g/mol. The molecular formula is C21H13Cl2N3O3. The maximum Gasteiger partial charge on any atom is 0.329 e. The molecule has 0 saturated carbocycles. The number of nitrogens with zero attached hydrogens (tertiary/aromatic N) is 1. The lowest BCUT2D eigenvalue weighted by Gasteiger charge is -2.29. The van der Waals surface area contributed by atoms with E-state index in [1.54, 1.807) is 37.4 Å². The van der Waals surface area contributed by atoms with Crippen molar-refractivity contribution in [3.05, 3.63) is 101 Å². The normalized spacial score (nSPS) is 16.9. The smallest absolute Gasteiger partial charge is 0.329 e. The van der Waals surface area contributed by atoms with Gasteiger partial charge in [-0.25, -0.2) is 4.79 Å². The third-order valence-corrected chi connectivity index (χ3v) is 6.26. The number of halogens is 2. The van der Waals surface area contributed by atoms with Crippen LogP contribution in [-0.4, -0.2) is 15.3 Å². The molecule has 5 rings (SSSR count). The molecule has 3 aromatic rings. The fourth-order valence-corrected chi connectivity index (χ4v) is 4.50. The van der Waals surface area contributed by atoms with E-state index in [-0.39, 0.29) is 16.4 Å². The van der Waals surface area contributed by atoms with E-state index in [1.165, 1.54) is 4.57 Å². The van der Waals surface area contributed by atoms with E-state index >= 15 is 0 Å². The number of H-pyrrole nitrogens is 1. The lowest BCUT2D eigenvalue weighted by molar-refractivity contribution is 0.103. The van der Waals surface area contributed by atoms with Gasteiger partial charge in [0.25, 0.3) is 5.56 Å². The number of carbonyl (C=O) groups is 1. The molecule has 2 heterocycles. The third kappa shape index (κ3) is 2.39. The summed E-state index contributed by atoms with van der Waals surface area (Å²) in [5.74, 6) is -0.644. The Hall–Kier alpha value is -3.09. The van der Waals surface area contributed by atoms with Gasteiger partial charge in [-0.3, -0.25) is 19.1 Å². The van der Waals surface area contributed by atoms with Gasteiger partial charge in [0.1, 0.15) is 5.82 Å². The van der Waals surface area contributed by atoms with Gasteiger partial charge in [0, 0.05) is 23.7 Å². The summed E-state index contributed by atoms with van der Waals surface area (Å²) >= 11 is 12.7. The Labute approximate surface area is 174 Å². The number of aromatic nitrogens is 2. The van der Waals surface area contributed by atoms with Crippen LogP contribution in [0.15, 0.2) is 57.6 Å². The largest absolute Gasteiger partial charge is 0.340 e. The van der Waals surface area contributed by atoms with Crippen molar-refractivity contribution in [1.29, 1.82) is 0 Å². The summed E-state index contributed by atoms with van der Waals surface area (Å²) < 4.78 is 1.32. The number of aromatic amines is 1. The molecule has 2 aromatic carbocycles. The number of nitrogens with one attached hydrogen (secondary N) is 2. The number of hydrogen-bond acceptors (Lipinski definition) is 4. The molecule has 2 aliphatic rings. The number of benzene rings is 2. The Morgan fingerprint density at radius 1 is 0.966 bits per heavy atom. The first-order chi connectivity index (χ1) is 13.9. The Kier molecular flexibility index (Phi) is 3.84. The van der Waals surface area contributed by atoms with Crippen LogP contribution in [0.5, 0.6) is 0 Å². The lowest BCUT2D eigenvalue weighted by Crippen LogP contribution is -2.37. The first kappa shape index (κ1) is 18.0. The Bertz CT molecular complexity index is 1380. The van der Waals surface area contributed by atoms with Crippen molar-refractivity contribution in [2.75, 3.05) is 5.32 Å². The highest BCUT2D eigenvalue weighted by atomic mass is 35.5. The maximum absolute atomic E-state index is 13.3. The molecule has 6 nitrogen and oxygen atoms in total. The predicted octanol–water partition coefficient (Wildman–Crippen LogP) is 3.55. The Morgan fingerprint density at radius 3 is 2.45 bits per heavy atom. The van der Waals surface area contributed by atoms with Crippen LogP contribution in [0, 0.1) is 0 Å². The van der Waals surface area contributed by atoms with Gasteiger partial charge in [-0.15, -0.1) is 0 Å². The molecule has 0 bridgehead atoms. The molecular weight excluding hydrogens is 413 g/mol. The molecule has 0 fully saturated rings. The number of allylic oxidation sites excluding steroid dienone is 1. The Balaban J connectivity index is 1.91. The van der Waals surface area contributed by atoms with Crippen molar-refractivity contribution in [1.82, 2.24) is 9.55 Å². The van der Waals surface area contributed by atoms with Crippen LogP contribution < -0.4 is 16.6 Å². The summed E-state index contributed by atoms with van der Waals surface area (Å²) in [6.45, 7) is 0. The average molecular weight is 426 g/mol. The number of rotatable bonds is 1. The summed E-state index contributed by atoms with van der Waals surface area (Å²) in [6.07, 6.45) is 0. The van der Waals surface area contributed by atoms with Crippen LogP contribution in [0.2, 0.25) is 10.0 Å². The topological polar surface area (TPSA) is 84.0 Å². The standard InChI is InChI=1S/C21H13Cl2N3O3/c1-26-19-15(20(28)25-21(26)29)13(11-7-4-8-12(22)16(11)23)14-17(24-19)9-5-2-3-6-10(9)18(14)27/h2-8,13,24H,1H3,(H,25,28,29)/t13-/m0/s1. The Morgan fingerprint density at radius 2 is 1.69 bits per heavy atom. The second kappa shape index (κ2) is 6.20. The van der Waals surface area contributed by atoms with Crippen molar-refractivity contribution >= 4 is 40.5 Å². The quantitative estimate of drug-likeness (QED) is 0.624. The minimum Gasteiger partial charge on any atom is -0.340 e. The molecule has 0 saturated heterocycles. The van der Waals surface area contributed by atoms with E-state index in [1.807, 2.05) is 12.1 Å². The van der Waals surface area contributed by atoms with Gasteiger partial charge in [-0.05, 0) is 11.6 Å². The maximum atomic E-state index is 13.3. The molecule has 29 heavy (non-hydrogen) atoms. The molecule has 1 aromatic heterocycles. The minimum absolute atomic E-state index is 0.192. The number of fused-ring (bicyclic) bond motifs is 3. The minimum atomic E-state index is -0.775. The highest BCUT2D eigenvalue weighted by molar-refractivity contribution is 6.42. The van der Waals surface area contributed by atoms with Gasteiger partial charge < -0.3 is 5.32 Å². The molecule has 1 aliphatic carbocycles. The first-order valence-electron chi connectivity index (χ1n) is 8.82. The average Bonchev–Trinajstić information content (AvgIpc) is 3.00. The molecule has 8 heteroatoms. The van der Waals surface area contributed by atoms with Crippen molar-refractivity contribution in [2.45, 2.75) is 5.92 Å². The SMILES string of the molecule is Cn1c2c(c(=O)[nH]c1=O)[C@@H](c1cccc(Cl)c1Cl)C1=C(N2)c2ccccc2C1=O. The summed E-state index contributed by atoms with van der Waals surface area (Å²) in [5.41, 5.74) is 1.87. The molecule has 2 N–H and O–H groups in total. The van der Waals surface area contributed by atoms with Crippen molar-refractivity contribution < 1.29 is 4.79 Å². The zero-order valence-electron chi connectivity index (χ0n) is 15.0. The van der Waals surface area contributed by atoms with Gasteiger partial charge in [0.05, 0.1) is 27.2 Å². The molecule has 0 amide bonds. The van der Waals surface area contributed by atoms with Crippen LogP contribution in [0.3, 0.4) is 0 Å². The lowest BCUT2D eigenvalue weighted by atomic mass is 9.81. The van der Waals surface area contributed by atoms with Gasteiger partial charge >= 0.3 is 5.69 Å². The molecule has 0 spiro atoms. The molecule has 0 unspecified atom stereocenters. The second-order valence-corrected chi connectivity index (χ2v) is 7.73. The summed E-state index contributed by atoms with van der Waals surface area (Å²) in [6, 6.07) is 12.3. The second-order valence-electron chi connectivity index (χ2n) is 6.95. The van der Waals surface area contributed by atoms with E-state index in [9.17, 15) is 14.4 Å². The zero-order chi connectivity index (χ0) is 20.4.